The predicted octanol–water partition coefficient (Wildman–Crippen LogP) is 4.13. The third-order valence-corrected chi connectivity index (χ3v) is 3.17. The number of nitrogens with zero attached hydrogens (tertiary/aromatic N) is 2. The summed E-state index contributed by atoms with van der Waals surface area (Å²) in [6.07, 6.45) is -4.58. The number of aryl methyl sites for hydroxylation is 3. The van der Waals surface area contributed by atoms with Gasteiger partial charge in [-0.2, -0.15) is 13.2 Å². The number of nitrogens with one attached hydrogen (secondary N) is 1. The first-order valence-electron chi connectivity index (χ1n) is 6.44. The van der Waals surface area contributed by atoms with Gasteiger partial charge in [-0.1, -0.05) is 17.7 Å². The minimum absolute atomic E-state index is 0.145. The Kier molecular flexibility index (Phi) is 3.89. The smallest absolute Gasteiger partial charge is 0.373 e. The molecule has 0 atom stereocenters. The normalized spacial score (nSPS) is 11.6. The maximum atomic E-state index is 12.9. The molecule has 6 heteroatoms. The fourth-order valence-corrected chi connectivity index (χ4v) is 2.41. The van der Waals surface area contributed by atoms with Gasteiger partial charge in [0.2, 0.25) is 5.82 Å². The Balaban J connectivity index is 2.70. The van der Waals surface area contributed by atoms with Crippen LogP contribution < -0.4 is 5.32 Å². The lowest BCUT2D eigenvalue weighted by Gasteiger charge is -2.14. The van der Waals surface area contributed by atoms with Crippen LogP contribution in [0.25, 0.3) is 11.3 Å². The van der Waals surface area contributed by atoms with Crippen LogP contribution in [0.1, 0.15) is 22.5 Å². The van der Waals surface area contributed by atoms with Gasteiger partial charge in [-0.25, -0.2) is 9.97 Å². The van der Waals surface area contributed by atoms with E-state index in [9.17, 15) is 13.2 Å². The molecule has 0 fully saturated rings. The molecule has 0 amide bonds. The Labute approximate surface area is 121 Å². The van der Waals surface area contributed by atoms with Crippen molar-refractivity contribution in [3.05, 3.63) is 40.7 Å². The molecule has 1 N–H and O–H groups in total. The number of aromatic nitrogens is 2. The SMILES string of the molecule is CNc1cc(-c2c(C)cc(C)cc2C)nc(C(F)(F)F)n1. The topological polar surface area (TPSA) is 37.8 Å². The molecule has 3 nitrogen and oxygen atoms in total. The molecule has 0 spiro atoms. The van der Waals surface area contributed by atoms with Gasteiger partial charge in [-0.3, -0.25) is 0 Å². The van der Waals surface area contributed by atoms with E-state index in [2.05, 4.69) is 15.3 Å². The highest BCUT2D eigenvalue weighted by atomic mass is 19.4. The number of anilines is 1. The van der Waals surface area contributed by atoms with Gasteiger partial charge in [-0.05, 0) is 31.9 Å². The van der Waals surface area contributed by atoms with Crippen molar-refractivity contribution >= 4 is 5.82 Å². The maximum Gasteiger partial charge on any atom is 0.451 e. The Bertz CT molecular complexity index is 655. The lowest BCUT2D eigenvalue weighted by atomic mass is 9.97. The van der Waals surface area contributed by atoms with Gasteiger partial charge >= 0.3 is 6.18 Å². The molecule has 0 unspecified atom stereocenters. The minimum Gasteiger partial charge on any atom is -0.373 e. The average Bonchev–Trinajstić information content (AvgIpc) is 2.36. The summed E-state index contributed by atoms with van der Waals surface area (Å²) < 4.78 is 38.7. The fourth-order valence-electron chi connectivity index (χ4n) is 2.41. The highest BCUT2D eigenvalue weighted by molar-refractivity contribution is 5.70. The van der Waals surface area contributed by atoms with Gasteiger partial charge in [0.25, 0.3) is 0 Å². The Morgan fingerprint density at radius 1 is 0.952 bits per heavy atom. The first-order chi connectivity index (χ1) is 9.72. The van der Waals surface area contributed by atoms with Gasteiger partial charge in [0.1, 0.15) is 5.82 Å². The second-order valence-corrected chi connectivity index (χ2v) is 4.98. The zero-order valence-corrected chi connectivity index (χ0v) is 12.3. The molecule has 0 bridgehead atoms. The molecular formula is C15H16F3N3. The molecule has 0 radical (unpaired) electrons. The van der Waals surface area contributed by atoms with Crippen LogP contribution >= 0.6 is 0 Å². The zero-order chi connectivity index (χ0) is 15.8. The van der Waals surface area contributed by atoms with Crippen molar-refractivity contribution in [2.24, 2.45) is 0 Å². The quantitative estimate of drug-likeness (QED) is 0.905. The van der Waals surface area contributed by atoms with Gasteiger partial charge < -0.3 is 5.32 Å². The van der Waals surface area contributed by atoms with E-state index in [4.69, 9.17) is 0 Å². The van der Waals surface area contributed by atoms with Crippen molar-refractivity contribution in [3.8, 4) is 11.3 Å². The van der Waals surface area contributed by atoms with E-state index in [1.54, 1.807) is 0 Å². The average molecular weight is 295 g/mol. The highest BCUT2D eigenvalue weighted by Gasteiger charge is 2.35. The van der Waals surface area contributed by atoms with Crippen molar-refractivity contribution in [2.45, 2.75) is 26.9 Å². The maximum absolute atomic E-state index is 12.9. The van der Waals surface area contributed by atoms with Crippen LogP contribution in [0.3, 0.4) is 0 Å². The summed E-state index contributed by atoms with van der Waals surface area (Å²) in [5.41, 5.74) is 3.83. The van der Waals surface area contributed by atoms with Crippen LogP contribution in [0.2, 0.25) is 0 Å². The van der Waals surface area contributed by atoms with E-state index in [1.807, 2.05) is 32.9 Å². The third kappa shape index (κ3) is 3.15. The van der Waals surface area contributed by atoms with Crippen LogP contribution in [-0.2, 0) is 6.18 Å². The molecule has 1 aromatic carbocycles. The van der Waals surface area contributed by atoms with Gasteiger partial charge in [0, 0.05) is 18.7 Å². The third-order valence-electron chi connectivity index (χ3n) is 3.17. The number of hydrogen-bond donors (Lipinski definition) is 1. The Morgan fingerprint density at radius 3 is 2.00 bits per heavy atom. The van der Waals surface area contributed by atoms with E-state index in [1.165, 1.54) is 13.1 Å². The first kappa shape index (κ1) is 15.3. The van der Waals surface area contributed by atoms with Crippen LogP contribution in [0.4, 0.5) is 19.0 Å². The number of halogens is 3. The molecule has 0 saturated carbocycles. The molecular weight excluding hydrogens is 279 g/mol. The van der Waals surface area contributed by atoms with Crippen LogP contribution in [-0.4, -0.2) is 17.0 Å². The summed E-state index contributed by atoms with van der Waals surface area (Å²) in [6.45, 7) is 5.68. The van der Waals surface area contributed by atoms with Crippen LogP contribution in [0.5, 0.6) is 0 Å². The molecule has 0 aliphatic rings. The van der Waals surface area contributed by atoms with Crippen LogP contribution in [0, 0.1) is 20.8 Å². The number of alkyl halides is 3. The fraction of sp³-hybridized carbons (Fsp3) is 0.333. The largest absolute Gasteiger partial charge is 0.451 e. The van der Waals surface area contributed by atoms with E-state index in [0.29, 0.717) is 5.56 Å². The van der Waals surface area contributed by atoms with Gasteiger partial charge in [0.15, 0.2) is 0 Å². The summed E-state index contributed by atoms with van der Waals surface area (Å²) in [6, 6.07) is 5.38. The van der Waals surface area contributed by atoms with E-state index >= 15 is 0 Å². The van der Waals surface area contributed by atoms with Crippen molar-refractivity contribution in [1.29, 1.82) is 0 Å². The number of benzene rings is 1. The lowest BCUT2D eigenvalue weighted by molar-refractivity contribution is -0.144. The number of hydrogen-bond acceptors (Lipinski definition) is 3. The Hall–Kier alpha value is -2.11. The van der Waals surface area contributed by atoms with Gasteiger partial charge in [-0.15, -0.1) is 0 Å². The van der Waals surface area contributed by atoms with Crippen molar-refractivity contribution < 1.29 is 13.2 Å². The van der Waals surface area contributed by atoms with E-state index < -0.39 is 12.0 Å². The van der Waals surface area contributed by atoms with E-state index in [-0.39, 0.29) is 11.5 Å². The standard InChI is InChI=1S/C15H16F3N3/c1-8-5-9(2)13(10(3)6-8)11-7-12(19-4)21-14(20-11)15(16,17)18/h5-7H,1-4H3,(H,19,20,21). The second kappa shape index (κ2) is 5.35. The number of rotatable bonds is 2. The summed E-state index contributed by atoms with van der Waals surface area (Å²) >= 11 is 0. The zero-order valence-electron chi connectivity index (χ0n) is 12.3. The Morgan fingerprint density at radius 2 is 1.52 bits per heavy atom. The molecule has 2 aromatic rings. The van der Waals surface area contributed by atoms with Gasteiger partial charge in [0.05, 0.1) is 5.69 Å². The minimum atomic E-state index is -4.58. The molecule has 21 heavy (non-hydrogen) atoms. The molecule has 0 aliphatic carbocycles. The summed E-state index contributed by atoms with van der Waals surface area (Å²) in [7, 11) is 1.53. The van der Waals surface area contributed by atoms with Crippen molar-refractivity contribution in [3.63, 3.8) is 0 Å². The second-order valence-electron chi connectivity index (χ2n) is 4.98. The molecule has 0 aliphatic heterocycles. The van der Waals surface area contributed by atoms with Crippen LogP contribution in [0.15, 0.2) is 18.2 Å². The molecule has 2 rings (SSSR count). The predicted molar refractivity (Wildman–Crippen MR) is 76.2 cm³/mol. The lowest BCUT2D eigenvalue weighted by Crippen LogP contribution is -2.13. The highest BCUT2D eigenvalue weighted by Crippen LogP contribution is 2.32. The molecule has 1 heterocycles. The van der Waals surface area contributed by atoms with E-state index in [0.717, 1.165) is 16.7 Å². The van der Waals surface area contributed by atoms with Crippen molar-refractivity contribution in [1.82, 2.24) is 9.97 Å². The summed E-state index contributed by atoms with van der Waals surface area (Å²) in [5, 5.41) is 2.65. The molecule has 1 aromatic heterocycles. The molecule has 112 valence electrons. The molecule has 0 saturated heterocycles. The van der Waals surface area contributed by atoms with Crippen molar-refractivity contribution in [2.75, 3.05) is 12.4 Å². The first-order valence-corrected chi connectivity index (χ1v) is 6.44. The summed E-state index contributed by atoms with van der Waals surface area (Å²) in [4.78, 5) is 7.18. The summed E-state index contributed by atoms with van der Waals surface area (Å²) in [5.74, 6) is -0.990. The monoisotopic (exact) mass is 295 g/mol.